The number of ether oxygens (including phenoxy) is 2. The van der Waals surface area contributed by atoms with Crippen LogP contribution in [0.5, 0.6) is 0 Å². The lowest BCUT2D eigenvalue weighted by atomic mass is 10.1. The number of aryl methyl sites for hydroxylation is 1. The summed E-state index contributed by atoms with van der Waals surface area (Å²) in [4.78, 5) is 27.1. The Balaban J connectivity index is 2.06. The molecule has 1 aliphatic rings. The minimum Gasteiger partial charge on any atom is -0.461 e. The number of benzene rings is 1. The van der Waals surface area contributed by atoms with Gasteiger partial charge in [0.25, 0.3) is 0 Å². The number of aromatic nitrogens is 2. The Kier molecular flexibility index (Phi) is 5.70. The van der Waals surface area contributed by atoms with Gasteiger partial charge in [0.2, 0.25) is 11.1 Å². The molecule has 1 aromatic heterocycles. The number of rotatable bonds is 4. The van der Waals surface area contributed by atoms with Crippen LogP contribution >= 0.6 is 22.6 Å². The number of carbonyl (C=O) groups is 1. The molecule has 0 unspecified atom stereocenters. The first-order valence-corrected chi connectivity index (χ1v) is 9.25. The zero-order chi connectivity index (χ0) is 18.0. The van der Waals surface area contributed by atoms with Gasteiger partial charge in [-0.3, -0.25) is 14.4 Å². The van der Waals surface area contributed by atoms with Crippen LogP contribution in [0.25, 0.3) is 10.9 Å². The van der Waals surface area contributed by atoms with Crippen molar-refractivity contribution in [3.63, 3.8) is 0 Å². The molecule has 0 bridgehead atoms. The van der Waals surface area contributed by atoms with Gasteiger partial charge in [0.15, 0.2) is 0 Å². The monoisotopic (exact) mass is 457 g/mol. The summed E-state index contributed by atoms with van der Waals surface area (Å²) in [6.07, 6.45) is 0. The fourth-order valence-corrected chi connectivity index (χ4v) is 4.01. The number of fused-ring (bicyclic) bond motifs is 1. The van der Waals surface area contributed by atoms with Crippen LogP contribution in [0.3, 0.4) is 0 Å². The van der Waals surface area contributed by atoms with E-state index in [1.807, 2.05) is 6.07 Å². The Bertz CT molecular complexity index is 859. The lowest BCUT2D eigenvalue weighted by Crippen LogP contribution is -2.35. The van der Waals surface area contributed by atoms with E-state index in [2.05, 4.69) is 38.7 Å². The highest BCUT2D eigenvalue weighted by atomic mass is 127. The maximum Gasteiger partial charge on any atom is 0.362 e. The Hall–Kier alpha value is -1.52. The second-order valence-electron chi connectivity index (χ2n) is 5.88. The van der Waals surface area contributed by atoms with Crippen molar-refractivity contribution in [2.45, 2.75) is 13.5 Å². The van der Waals surface area contributed by atoms with Crippen LogP contribution in [0.15, 0.2) is 16.9 Å². The van der Waals surface area contributed by atoms with Gasteiger partial charge in [-0.25, -0.2) is 4.79 Å². The third kappa shape index (κ3) is 3.85. The highest BCUT2D eigenvalue weighted by molar-refractivity contribution is 14.1. The summed E-state index contributed by atoms with van der Waals surface area (Å²) >= 11 is 2.21. The lowest BCUT2D eigenvalue weighted by Gasteiger charge is -2.26. The van der Waals surface area contributed by atoms with Crippen LogP contribution < -0.4 is 5.43 Å². The van der Waals surface area contributed by atoms with Crippen molar-refractivity contribution in [2.24, 2.45) is 7.05 Å². The molecule has 0 radical (unpaired) electrons. The summed E-state index contributed by atoms with van der Waals surface area (Å²) < 4.78 is 12.8. The van der Waals surface area contributed by atoms with E-state index >= 15 is 0 Å². The quantitative estimate of drug-likeness (QED) is 0.513. The van der Waals surface area contributed by atoms with Crippen LogP contribution in [0.1, 0.15) is 23.0 Å². The molecular weight excluding hydrogens is 437 g/mol. The Labute approximate surface area is 159 Å². The first-order chi connectivity index (χ1) is 12.0. The molecule has 0 saturated carbocycles. The molecule has 0 spiro atoms. The van der Waals surface area contributed by atoms with E-state index in [0.717, 1.165) is 47.5 Å². The van der Waals surface area contributed by atoms with Crippen LogP contribution in [0, 0.1) is 3.57 Å². The van der Waals surface area contributed by atoms with E-state index in [-0.39, 0.29) is 17.7 Å². The number of hydrogen-bond donors (Lipinski definition) is 0. The molecule has 3 rings (SSSR count). The molecule has 1 aliphatic heterocycles. The molecule has 7 nitrogen and oxygen atoms in total. The van der Waals surface area contributed by atoms with Crippen molar-refractivity contribution < 1.29 is 14.3 Å². The second kappa shape index (κ2) is 7.79. The van der Waals surface area contributed by atoms with E-state index in [0.29, 0.717) is 5.39 Å². The van der Waals surface area contributed by atoms with Crippen molar-refractivity contribution in [1.82, 2.24) is 14.7 Å². The van der Waals surface area contributed by atoms with Crippen LogP contribution in [0.4, 0.5) is 0 Å². The van der Waals surface area contributed by atoms with Gasteiger partial charge >= 0.3 is 5.97 Å². The predicted octanol–water partition coefficient (Wildman–Crippen LogP) is 1.55. The topological polar surface area (TPSA) is 73.7 Å². The number of morpholine rings is 1. The maximum atomic E-state index is 12.8. The third-order valence-electron chi connectivity index (χ3n) is 4.14. The van der Waals surface area contributed by atoms with Crippen LogP contribution in [-0.4, -0.2) is 53.6 Å². The summed E-state index contributed by atoms with van der Waals surface area (Å²) in [7, 11) is 1.73. The van der Waals surface area contributed by atoms with Gasteiger partial charge < -0.3 is 9.47 Å². The van der Waals surface area contributed by atoms with Crippen molar-refractivity contribution >= 4 is 39.5 Å². The fraction of sp³-hybridized carbons (Fsp3) is 0.471. The molecule has 1 fully saturated rings. The first-order valence-electron chi connectivity index (χ1n) is 8.18. The molecule has 25 heavy (non-hydrogen) atoms. The van der Waals surface area contributed by atoms with Gasteiger partial charge in [0.05, 0.1) is 30.7 Å². The largest absolute Gasteiger partial charge is 0.461 e. The van der Waals surface area contributed by atoms with Gasteiger partial charge in [-0.2, -0.15) is 5.10 Å². The molecule has 134 valence electrons. The van der Waals surface area contributed by atoms with E-state index in [1.165, 1.54) is 0 Å². The van der Waals surface area contributed by atoms with E-state index in [9.17, 15) is 9.59 Å². The molecule has 1 saturated heterocycles. The first kappa shape index (κ1) is 18.3. The molecule has 2 heterocycles. The lowest BCUT2D eigenvalue weighted by molar-refractivity contribution is 0.0342. The SMILES string of the molecule is CCOC(=O)c1nn(C)c2c(I)cc(CN3CCOCC3)cc2c1=O. The van der Waals surface area contributed by atoms with Crippen molar-refractivity contribution in [3.8, 4) is 0 Å². The van der Waals surface area contributed by atoms with Gasteiger partial charge in [0.1, 0.15) is 0 Å². The molecule has 0 N–H and O–H groups in total. The van der Waals surface area contributed by atoms with E-state index < -0.39 is 5.97 Å². The standard InChI is InChI=1S/C17H20IN3O4/c1-3-25-17(23)14-16(22)12-8-11(10-21-4-6-24-7-5-21)9-13(18)15(12)20(2)19-14/h8-9H,3-7,10H2,1-2H3. The molecule has 8 heteroatoms. The normalized spacial score (nSPS) is 15.5. The summed E-state index contributed by atoms with van der Waals surface area (Å²) in [6.45, 7) is 5.85. The van der Waals surface area contributed by atoms with Crippen molar-refractivity contribution in [2.75, 3.05) is 32.9 Å². The van der Waals surface area contributed by atoms with Crippen LogP contribution in [0.2, 0.25) is 0 Å². The van der Waals surface area contributed by atoms with Crippen molar-refractivity contribution in [1.29, 1.82) is 0 Å². The predicted molar refractivity (Wildman–Crippen MR) is 102 cm³/mol. The number of esters is 1. The average Bonchev–Trinajstić information content (AvgIpc) is 2.58. The number of halogens is 1. The minimum absolute atomic E-state index is 0.170. The molecule has 0 aliphatic carbocycles. The number of nitrogens with zero attached hydrogens (tertiary/aromatic N) is 3. The highest BCUT2D eigenvalue weighted by Gasteiger charge is 2.20. The second-order valence-corrected chi connectivity index (χ2v) is 7.05. The van der Waals surface area contributed by atoms with E-state index in [1.54, 1.807) is 18.7 Å². The molecule has 1 aromatic carbocycles. The van der Waals surface area contributed by atoms with Crippen molar-refractivity contribution in [3.05, 3.63) is 37.2 Å². The van der Waals surface area contributed by atoms with Gasteiger partial charge in [-0.05, 0) is 47.2 Å². The number of carbonyl (C=O) groups excluding carboxylic acids is 1. The summed E-state index contributed by atoms with van der Waals surface area (Å²) in [5.74, 6) is -0.682. The number of hydrogen-bond acceptors (Lipinski definition) is 6. The van der Waals surface area contributed by atoms with Gasteiger partial charge in [-0.1, -0.05) is 0 Å². The van der Waals surface area contributed by atoms with Gasteiger partial charge in [0, 0.05) is 30.3 Å². The van der Waals surface area contributed by atoms with Crippen LogP contribution in [-0.2, 0) is 23.1 Å². The summed E-state index contributed by atoms with van der Waals surface area (Å²) in [6, 6.07) is 3.92. The zero-order valence-electron chi connectivity index (χ0n) is 14.2. The molecule has 0 atom stereocenters. The summed E-state index contributed by atoms with van der Waals surface area (Å²) in [5.41, 5.74) is 1.21. The molecule has 0 amide bonds. The van der Waals surface area contributed by atoms with Gasteiger partial charge in [-0.15, -0.1) is 0 Å². The maximum absolute atomic E-state index is 12.8. The Morgan fingerprint density at radius 1 is 1.36 bits per heavy atom. The average molecular weight is 457 g/mol. The Morgan fingerprint density at radius 3 is 2.76 bits per heavy atom. The molecule has 2 aromatic rings. The minimum atomic E-state index is -0.682. The zero-order valence-corrected chi connectivity index (χ0v) is 16.4. The smallest absolute Gasteiger partial charge is 0.362 e. The highest BCUT2D eigenvalue weighted by Crippen LogP contribution is 2.21. The fourth-order valence-electron chi connectivity index (χ4n) is 2.97. The summed E-state index contributed by atoms with van der Waals surface area (Å²) in [5, 5.41) is 4.62. The van der Waals surface area contributed by atoms with E-state index in [4.69, 9.17) is 9.47 Å². The third-order valence-corrected chi connectivity index (χ3v) is 4.96. The Morgan fingerprint density at radius 2 is 2.08 bits per heavy atom. The molecular formula is C17H20IN3O4.